The van der Waals surface area contributed by atoms with Crippen LogP contribution in [-0.2, 0) is 23.7 Å². The second kappa shape index (κ2) is 4.92. The maximum atomic E-state index is 11.4. The number of cyclic esters (lactones) is 1. The summed E-state index contributed by atoms with van der Waals surface area (Å²) in [7, 11) is 1.55. The van der Waals surface area contributed by atoms with Crippen LogP contribution >= 0.6 is 0 Å². The van der Waals surface area contributed by atoms with Crippen LogP contribution in [0.4, 0.5) is 0 Å². The van der Waals surface area contributed by atoms with Gasteiger partial charge in [0.15, 0.2) is 0 Å². The van der Waals surface area contributed by atoms with E-state index in [2.05, 4.69) is 6.92 Å². The highest BCUT2D eigenvalue weighted by Gasteiger charge is 2.57. The van der Waals surface area contributed by atoms with Crippen molar-refractivity contribution in [2.45, 2.75) is 51.3 Å². The highest BCUT2D eigenvalue weighted by atomic mass is 16.9. The van der Waals surface area contributed by atoms with E-state index in [1.165, 1.54) is 0 Å². The number of esters is 1. The molecule has 4 unspecified atom stereocenters. The molecule has 98 valence electrons. The van der Waals surface area contributed by atoms with Gasteiger partial charge in [-0.15, -0.1) is 0 Å². The molecule has 2 saturated heterocycles. The zero-order valence-corrected chi connectivity index (χ0v) is 10.6. The Morgan fingerprint density at radius 3 is 2.76 bits per heavy atom. The third-order valence-electron chi connectivity index (χ3n) is 3.75. The van der Waals surface area contributed by atoms with Gasteiger partial charge in [0.25, 0.3) is 6.48 Å². The van der Waals surface area contributed by atoms with Gasteiger partial charge in [-0.05, 0) is 12.8 Å². The van der Waals surface area contributed by atoms with Crippen LogP contribution in [0.2, 0.25) is 0 Å². The van der Waals surface area contributed by atoms with Crippen molar-refractivity contribution in [3.8, 4) is 0 Å². The second-order valence-electron chi connectivity index (χ2n) is 4.60. The lowest BCUT2D eigenvalue weighted by Crippen LogP contribution is -2.54. The SMILES string of the molecule is CCC1CC(=O)OCC12OC(OC)OC2CC. The minimum Gasteiger partial charge on any atom is -0.462 e. The van der Waals surface area contributed by atoms with Gasteiger partial charge in [0.1, 0.15) is 12.2 Å². The molecule has 0 bridgehead atoms. The number of carbonyl (C=O) groups is 1. The van der Waals surface area contributed by atoms with Gasteiger partial charge in [0.2, 0.25) is 0 Å². The lowest BCUT2D eigenvalue weighted by molar-refractivity contribution is -0.254. The number of ether oxygens (including phenoxy) is 4. The summed E-state index contributed by atoms with van der Waals surface area (Å²) >= 11 is 0. The molecule has 0 amide bonds. The summed E-state index contributed by atoms with van der Waals surface area (Å²) in [5.41, 5.74) is -0.530. The fourth-order valence-corrected chi connectivity index (χ4v) is 2.80. The Bertz CT molecular complexity index is 293. The first-order chi connectivity index (χ1) is 8.16. The third-order valence-corrected chi connectivity index (χ3v) is 3.75. The monoisotopic (exact) mass is 244 g/mol. The molecule has 5 nitrogen and oxygen atoms in total. The Hall–Kier alpha value is -0.650. The number of rotatable bonds is 3. The molecule has 2 heterocycles. The molecular weight excluding hydrogens is 224 g/mol. The highest BCUT2D eigenvalue weighted by molar-refractivity contribution is 5.71. The quantitative estimate of drug-likeness (QED) is 0.703. The molecular formula is C12H20O5. The molecule has 2 fully saturated rings. The van der Waals surface area contributed by atoms with Crippen LogP contribution in [0.25, 0.3) is 0 Å². The summed E-state index contributed by atoms with van der Waals surface area (Å²) in [5, 5.41) is 0. The highest BCUT2D eigenvalue weighted by Crippen LogP contribution is 2.43. The average molecular weight is 244 g/mol. The van der Waals surface area contributed by atoms with Crippen LogP contribution in [0.1, 0.15) is 33.1 Å². The fraction of sp³-hybridized carbons (Fsp3) is 0.917. The summed E-state index contributed by atoms with van der Waals surface area (Å²) in [6, 6.07) is 0. The Balaban J connectivity index is 2.22. The molecule has 1 spiro atoms. The molecule has 0 radical (unpaired) electrons. The lowest BCUT2D eigenvalue weighted by Gasteiger charge is -2.41. The van der Waals surface area contributed by atoms with Gasteiger partial charge in [-0.25, -0.2) is 0 Å². The van der Waals surface area contributed by atoms with Crippen molar-refractivity contribution >= 4 is 5.97 Å². The maximum Gasteiger partial charge on any atom is 0.306 e. The first kappa shape index (κ1) is 12.8. The molecule has 4 atom stereocenters. The van der Waals surface area contributed by atoms with Crippen molar-refractivity contribution in [3.63, 3.8) is 0 Å². The molecule has 0 aliphatic carbocycles. The second-order valence-corrected chi connectivity index (χ2v) is 4.60. The van der Waals surface area contributed by atoms with Crippen LogP contribution in [0.5, 0.6) is 0 Å². The zero-order chi connectivity index (χ0) is 12.5. The van der Waals surface area contributed by atoms with Crippen LogP contribution in [-0.4, -0.2) is 37.9 Å². The molecule has 0 aromatic carbocycles. The van der Waals surface area contributed by atoms with Crippen LogP contribution in [0, 0.1) is 5.92 Å². The Kier molecular flexibility index (Phi) is 3.70. The first-order valence-electron chi connectivity index (χ1n) is 6.18. The fourth-order valence-electron chi connectivity index (χ4n) is 2.80. The maximum absolute atomic E-state index is 11.4. The third kappa shape index (κ3) is 2.07. The molecule has 17 heavy (non-hydrogen) atoms. The Morgan fingerprint density at radius 2 is 2.18 bits per heavy atom. The summed E-state index contributed by atoms with van der Waals surface area (Å²) in [6.45, 7) is 3.71. The van der Waals surface area contributed by atoms with Gasteiger partial charge < -0.3 is 18.9 Å². The zero-order valence-electron chi connectivity index (χ0n) is 10.6. The minimum atomic E-state index is -0.647. The number of hydrogen-bond donors (Lipinski definition) is 0. The summed E-state index contributed by atoms with van der Waals surface area (Å²) < 4.78 is 21.8. The molecule has 0 N–H and O–H groups in total. The van der Waals surface area contributed by atoms with Crippen molar-refractivity contribution in [2.24, 2.45) is 5.92 Å². The average Bonchev–Trinajstić information content (AvgIpc) is 2.71. The van der Waals surface area contributed by atoms with Gasteiger partial charge in [-0.1, -0.05) is 13.8 Å². The van der Waals surface area contributed by atoms with E-state index in [4.69, 9.17) is 18.9 Å². The summed E-state index contributed by atoms with van der Waals surface area (Å²) in [6.07, 6.45) is 2.00. The molecule has 0 aromatic rings. The van der Waals surface area contributed by atoms with Gasteiger partial charge in [0.05, 0.1) is 12.5 Å². The summed E-state index contributed by atoms with van der Waals surface area (Å²) in [4.78, 5) is 11.4. The number of carbonyl (C=O) groups excluding carboxylic acids is 1. The van der Waals surface area contributed by atoms with Crippen molar-refractivity contribution in [1.29, 1.82) is 0 Å². The van der Waals surface area contributed by atoms with E-state index in [9.17, 15) is 4.79 Å². The molecule has 2 aliphatic rings. The minimum absolute atomic E-state index is 0.0782. The van der Waals surface area contributed by atoms with Gasteiger partial charge >= 0.3 is 5.97 Å². The van der Waals surface area contributed by atoms with E-state index in [1.54, 1.807) is 7.11 Å². The largest absolute Gasteiger partial charge is 0.462 e. The standard InChI is InChI=1S/C12H20O5/c1-4-8-6-10(13)15-7-12(8)9(5-2)16-11(14-3)17-12/h8-9,11H,4-7H2,1-3H3. The number of hydrogen-bond acceptors (Lipinski definition) is 5. The molecule has 2 rings (SSSR count). The van der Waals surface area contributed by atoms with Gasteiger partial charge in [0, 0.05) is 13.0 Å². The predicted molar refractivity (Wildman–Crippen MR) is 59.1 cm³/mol. The van der Waals surface area contributed by atoms with Crippen LogP contribution in [0.3, 0.4) is 0 Å². The van der Waals surface area contributed by atoms with Crippen molar-refractivity contribution in [3.05, 3.63) is 0 Å². The number of methoxy groups -OCH3 is 1. The van der Waals surface area contributed by atoms with Crippen molar-refractivity contribution in [1.82, 2.24) is 0 Å². The normalized spacial score (nSPS) is 41.8. The van der Waals surface area contributed by atoms with E-state index < -0.39 is 12.1 Å². The van der Waals surface area contributed by atoms with E-state index in [0.717, 1.165) is 12.8 Å². The topological polar surface area (TPSA) is 54.0 Å². The Labute approximate surface area is 101 Å². The first-order valence-corrected chi connectivity index (χ1v) is 6.18. The van der Waals surface area contributed by atoms with E-state index in [-0.39, 0.29) is 24.6 Å². The molecule has 5 heteroatoms. The lowest BCUT2D eigenvalue weighted by atomic mass is 9.77. The molecule has 2 aliphatic heterocycles. The van der Waals surface area contributed by atoms with E-state index in [1.807, 2.05) is 6.92 Å². The van der Waals surface area contributed by atoms with Gasteiger partial charge in [-0.2, -0.15) is 0 Å². The predicted octanol–water partition coefficient (Wildman–Crippen LogP) is 1.45. The van der Waals surface area contributed by atoms with Crippen molar-refractivity contribution < 1.29 is 23.7 Å². The Morgan fingerprint density at radius 1 is 1.41 bits per heavy atom. The molecule has 0 aromatic heterocycles. The van der Waals surface area contributed by atoms with E-state index in [0.29, 0.717) is 6.42 Å². The van der Waals surface area contributed by atoms with E-state index >= 15 is 0 Å². The summed E-state index contributed by atoms with van der Waals surface area (Å²) in [5.74, 6) is -0.0179. The van der Waals surface area contributed by atoms with Crippen LogP contribution in [0.15, 0.2) is 0 Å². The molecule has 0 saturated carbocycles. The van der Waals surface area contributed by atoms with Crippen LogP contribution < -0.4 is 0 Å². The van der Waals surface area contributed by atoms with Crippen molar-refractivity contribution in [2.75, 3.05) is 13.7 Å². The smallest absolute Gasteiger partial charge is 0.306 e. The van der Waals surface area contributed by atoms with Gasteiger partial charge in [-0.3, -0.25) is 4.79 Å².